The molecule has 3 rings (SSSR count). The van der Waals surface area contributed by atoms with Gasteiger partial charge in [-0.3, -0.25) is 0 Å². The SMILES string of the molecule is CC(Sc1nnc(NC2CC2)s1)c1ccc(C(F)(F)F)cc1. The molecule has 1 N–H and O–H groups in total. The van der Waals surface area contributed by atoms with E-state index in [4.69, 9.17) is 0 Å². The Balaban J connectivity index is 1.63. The molecule has 1 heterocycles. The highest BCUT2D eigenvalue weighted by atomic mass is 32.2. The molecule has 2 aromatic rings. The van der Waals surface area contributed by atoms with Crippen molar-refractivity contribution in [2.45, 2.75) is 41.6 Å². The van der Waals surface area contributed by atoms with E-state index in [0.717, 1.165) is 27.2 Å². The number of nitrogens with one attached hydrogen (secondary N) is 1. The van der Waals surface area contributed by atoms with E-state index in [1.807, 2.05) is 6.92 Å². The zero-order valence-corrected chi connectivity index (χ0v) is 13.4. The number of thioether (sulfide) groups is 1. The molecule has 1 fully saturated rings. The molecule has 0 spiro atoms. The molecule has 0 amide bonds. The van der Waals surface area contributed by atoms with Gasteiger partial charge in [0.2, 0.25) is 5.13 Å². The molecule has 0 aliphatic heterocycles. The molecule has 1 aromatic carbocycles. The Morgan fingerprint density at radius 3 is 2.50 bits per heavy atom. The van der Waals surface area contributed by atoms with Crippen molar-refractivity contribution in [2.75, 3.05) is 5.32 Å². The summed E-state index contributed by atoms with van der Waals surface area (Å²) < 4.78 is 38.5. The van der Waals surface area contributed by atoms with Crippen LogP contribution in [0.15, 0.2) is 28.6 Å². The van der Waals surface area contributed by atoms with E-state index in [1.165, 1.54) is 48.1 Å². The lowest BCUT2D eigenvalue weighted by molar-refractivity contribution is -0.137. The van der Waals surface area contributed by atoms with Gasteiger partial charge in [0.1, 0.15) is 0 Å². The number of benzene rings is 1. The van der Waals surface area contributed by atoms with E-state index in [0.29, 0.717) is 6.04 Å². The molecule has 0 radical (unpaired) electrons. The molecule has 0 saturated heterocycles. The smallest absolute Gasteiger partial charge is 0.357 e. The highest BCUT2D eigenvalue weighted by Crippen LogP contribution is 2.39. The minimum atomic E-state index is -4.29. The third-order valence-corrected chi connectivity index (χ3v) is 5.39. The predicted molar refractivity (Wildman–Crippen MR) is 82.3 cm³/mol. The number of anilines is 1. The van der Waals surface area contributed by atoms with Crippen LogP contribution in [0, 0.1) is 0 Å². The second kappa shape index (κ2) is 6.08. The molecule has 1 atom stereocenters. The highest BCUT2D eigenvalue weighted by Gasteiger charge is 2.30. The zero-order valence-electron chi connectivity index (χ0n) is 11.7. The number of aromatic nitrogens is 2. The monoisotopic (exact) mass is 345 g/mol. The normalized spacial score (nSPS) is 16.5. The average molecular weight is 345 g/mol. The molecule has 0 bridgehead atoms. The van der Waals surface area contributed by atoms with Crippen LogP contribution in [0.5, 0.6) is 0 Å². The Hall–Kier alpha value is -1.28. The Labute approximate surface area is 134 Å². The summed E-state index contributed by atoms with van der Waals surface area (Å²) in [4.78, 5) is 0. The van der Waals surface area contributed by atoms with Gasteiger partial charge >= 0.3 is 6.18 Å². The second-order valence-electron chi connectivity index (χ2n) is 5.17. The quantitative estimate of drug-likeness (QED) is 0.775. The lowest BCUT2D eigenvalue weighted by Gasteiger charge is -2.11. The van der Waals surface area contributed by atoms with Crippen molar-refractivity contribution < 1.29 is 13.2 Å². The van der Waals surface area contributed by atoms with Gasteiger partial charge in [-0.15, -0.1) is 10.2 Å². The summed E-state index contributed by atoms with van der Waals surface area (Å²) >= 11 is 2.98. The summed E-state index contributed by atoms with van der Waals surface area (Å²) in [6, 6.07) is 5.80. The Kier molecular flexibility index (Phi) is 4.31. The minimum absolute atomic E-state index is 0.0176. The predicted octanol–water partition coefficient (Wildman–Crippen LogP) is 4.98. The van der Waals surface area contributed by atoms with E-state index in [-0.39, 0.29) is 5.25 Å². The summed E-state index contributed by atoms with van der Waals surface area (Å²) in [5.74, 6) is 0. The van der Waals surface area contributed by atoms with Gasteiger partial charge in [-0.25, -0.2) is 0 Å². The van der Waals surface area contributed by atoms with Crippen molar-refractivity contribution in [3.8, 4) is 0 Å². The fourth-order valence-electron chi connectivity index (χ4n) is 1.88. The maximum atomic E-state index is 12.6. The van der Waals surface area contributed by atoms with Crippen LogP contribution in [0.1, 0.15) is 36.1 Å². The molecule has 1 aromatic heterocycles. The van der Waals surface area contributed by atoms with Gasteiger partial charge in [0.05, 0.1) is 5.56 Å². The lowest BCUT2D eigenvalue weighted by Crippen LogP contribution is -2.04. The van der Waals surface area contributed by atoms with Crippen LogP contribution in [0.3, 0.4) is 0 Å². The van der Waals surface area contributed by atoms with Crippen LogP contribution in [0.2, 0.25) is 0 Å². The summed E-state index contributed by atoms with van der Waals surface area (Å²) in [5.41, 5.74) is 0.213. The maximum absolute atomic E-state index is 12.6. The van der Waals surface area contributed by atoms with Crippen LogP contribution in [-0.4, -0.2) is 16.2 Å². The van der Waals surface area contributed by atoms with Crippen molar-refractivity contribution in [1.29, 1.82) is 0 Å². The molecule has 3 nitrogen and oxygen atoms in total. The Morgan fingerprint density at radius 2 is 1.91 bits per heavy atom. The van der Waals surface area contributed by atoms with E-state index in [1.54, 1.807) is 0 Å². The Bertz CT molecular complexity index is 636. The van der Waals surface area contributed by atoms with Gasteiger partial charge in [0.15, 0.2) is 4.34 Å². The van der Waals surface area contributed by atoms with Crippen molar-refractivity contribution >= 4 is 28.2 Å². The molecule has 118 valence electrons. The lowest BCUT2D eigenvalue weighted by atomic mass is 10.1. The number of hydrogen-bond donors (Lipinski definition) is 1. The first kappa shape index (κ1) is 15.6. The molecule has 1 unspecified atom stereocenters. The summed E-state index contributed by atoms with van der Waals surface area (Å²) in [6.45, 7) is 1.95. The van der Waals surface area contributed by atoms with E-state index >= 15 is 0 Å². The molecule has 1 aliphatic carbocycles. The third kappa shape index (κ3) is 3.92. The van der Waals surface area contributed by atoms with Crippen LogP contribution in [-0.2, 0) is 6.18 Å². The first-order valence-electron chi connectivity index (χ1n) is 6.85. The van der Waals surface area contributed by atoms with E-state index in [9.17, 15) is 13.2 Å². The maximum Gasteiger partial charge on any atom is 0.416 e. The van der Waals surface area contributed by atoms with Crippen molar-refractivity contribution in [1.82, 2.24) is 10.2 Å². The summed E-state index contributed by atoms with van der Waals surface area (Å²) in [5, 5.41) is 12.3. The van der Waals surface area contributed by atoms with Crippen molar-refractivity contribution in [2.24, 2.45) is 0 Å². The van der Waals surface area contributed by atoms with E-state index in [2.05, 4.69) is 15.5 Å². The van der Waals surface area contributed by atoms with Crippen LogP contribution in [0.25, 0.3) is 0 Å². The topological polar surface area (TPSA) is 37.8 Å². The van der Waals surface area contributed by atoms with Crippen molar-refractivity contribution in [3.05, 3.63) is 35.4 Å². The highest BCUT2D eigenvalue weighted by molar-refractivity contribution is 8.01. The minimum Gasteiger partial charge on any atom is -0.357 e. The van der Waals surface area contributed by atoms with Gasteiger partial charge in [0.25, 0.3) is 0 Å². The third-order valence-electron chi connectivity index (χ3n) is 3.30. The van der Waals surface area contributed by atoms with Gasteiger partial charge in [-0.05, 0) is 37.5 Å². The van der Waals surface area contributed by atoms with E-state index < -0.39 is 11.7 Å². The molecular weight excluding hydrogens is 331 g/mol. The molecular formula is C14H14F3N3S2. The molecule has 1 saturated carbocycles. The molecule has 1 aliphatic rings. The number of hydrogen-bond acceptors (Lipinski definition) is 5. The Morgan fingerprint density at radius 1 is 1.23 bits per heavy atom. The first-order chi connectivity index (χ1) is 10.4. The van der Waals surface area contributed by atoms with Crippen molar-refractivity contribution in [3.63, 3.8) is 0 Å². The number of nitrogens with zero attached hydrogens (tertiary/aromatic N) is 2. The first-order valence-corrected chi connectivity index (χ1v) is 8.55. The van der Waals surface area contributed by atoms with Gasteiger partial charge in [-0.1, -0.05) is 35.2 Å². The fraction of sp³-hybridized carbons (Fsp3) is 0.429. The standard InChI is InChI=1S/C14H14F3N3S2/c1-8(9-2-4-10(5-3-9)14(15,16)17)21-13-20-19-12(22-13)18-11-6-7-11/h2-5,8,11H,6-7H2,1H3,(H,18,19). The fourth-order valence-corrected chi connectivity index (χ4v) is 3.98. The number of alkyl halides is 3. The van der Waals surface area contributed by atoms with Gasteiger partial charge in [0, 0.05) is 11.3 Å². The summed E-state index contributed by atoms with van der Waals surface area (Å²) in [6.07, 6.45) is -1.95. The van der Waals surface area contributed by atoms with Crippen LogP contribution in [0.4, 0.5) is 18.3 Å². The second-order valence-corrected chi connectivity index (χ2v) is 7.74. The van der Waals surface area contributed by atoms with Crippen LogP contribution >= 0.6 is 23.1 Å². The van der Waals surface area contributed by atoms with Gasteiger partial charge in [-0.2, -0.15) is 13.2 Å². The average Bonchev–Trinajstić information content (AvgIpc) is 3.17. The molecule has 22 heavy (non-hydrogen) atoms. The van der Waals surface area contributed by atoms with Gasteiger partial charge < -0.3 is 5.32 Å². The molecule has 8 heteroatoms. The number of halogens is 3. The zero-order chi connectivity index (χ0) is 15.7. The summed E-state index contributed by atoms with van der Waals surface area (Å²) in [7, 11) is 0. The largest absolute Gasteiger partial charge is 0.416 e. The number of rotatable bonds is 5. The van der Waals surface area contributed by atoms with Crippen LogP contribution < -0.4 is 5.32 Å².